The number of amides is 3. The van der Waals surface area contributed by atoms with E-state index in [1.165, 1.54) is 12.2 Å². The van der Waals surface area contributed by atoms with Crippen LogP contribution in [-0.4, -0.2) is 65.6 Å². The first-order chi connectivity index (χ1) is 15.7. The summed E-state index contributed by atoms with van der Waals surface area (Å²) in [4.78, 5) is 48.2. The lowest BCUT2D eigenvalue weighted by Gasteiger charge is -2.42. The van der Waals surface area contributed by atoms with Crippen LogP contribution in [0.2, 0.25) is 0 Å². The van der Waals surface area contributed by atoms with Crippen molar-refractivity contribution in [3.05, 3.63) is 29.3 Å². The summed E-state index contributed by atoms with van der Waals surface area (Å²) in [6.07, 6.45) is 1.84. The second kappa shape index (κ2) is 9.56. The molecule has 1 aromatic rings. The standard InChI is InChI=1S/C26H39N3O5/c1-17(2)28(20-10-9-13-27(16-20)24(32)34-25(3,4)5)22(30)18-11-12-19-15-26(6,7)23(31)29(33-8)21(19)14-18/h11-12,14,17,20H,9-10,13,15-16H2,1-8H3/t20-/m1/s1. The third-order valence-electron chi connectivity index (χ3n) is 6.36. The minimum absolute atomic E-state index is 0.0637. The van der Waals surface area contributed by atoms with E-state index in [-0.39, 0.29) is 30.0 Å². The van der Waals surface area contributed by atoms with Crippen LogP contribution in [-0.2, 0) is 20.8 Å². The molecule has 0 aliphatic carbocycles. The molecule has 0 aromatic heterocycles. The van der Waals surface area contributed by atoms with Gasteiger partial charge in [0.25, 0.3) is 11.8 Å². The van der Waals surface area contributed by atoms with Crippen molar-refractivity contribution in [3.63, 3.8) is 0 Å². The van der Waals surface area contributed by atoms with Crippen LogP contribution in [0.5, 0.6) is 0 Å². The zero-order chi connectivity index (χ0) is 25.4. The van der Waals surface area contributed by atoms with Crippen molar-refractivity contribution in [2.75, 3.05) is 25.3 Å². The van der Waals surface area contributed by atoms with Crippen LogP contribution in [0.4, 0.5) is 10.5 Å². The Hall–Kier alpha value is -2.61. The number of nitrogens with zero attached hydrogens (tertiary/aromatic N) is 3. The molecular weight excluding hydrogens is 434 g/mol. The zero-order valence-corrected chi connectivity index (χ0v) is 21.8. The van der Waals surface area contributed by atoms with Crippen LogP contribution in [0.3, 0.4) is 0 Å². The summed E-state index contributed by atoms with van der Waals surface area (Å²) in [6.45, 7) is 14.3. The monoisotopic (exact) mass is 473 g/mol. The molecule has 188 valence electrons. The van der Waals surface area contributed by atoms with Crippen LogP contribution >= 0.6 is 0 Å². The molecule has 1 saturated heterocycles. The van der Waals surface area contributed by atoms with Crippen molar-refractivity contribution in [1.82, 2.24) is 9.80 Å². The maximum Gasteiger partial charge on any atom is 0.410 e. The molecule has 0 bridgehead atoms. The lowest BCUT2D eigenvalue weighted by Crippen LogP contribution is -2.54. The number of fused-ring (bicyclic) bond motifs is 1. The van der Waals surface area contributed by atoms with Crippen molar-refractivity contribution in [3.8, 4) is 0 Å². The van der Waals surface area contributed by atoms with Crippen LogP contribution in [0.15, 0.2) is 18.2 Å². The quantitative estimate of drug-likeness (QED) is 0.647. The van der Waals surface area contributed by atoms with Crippen LogP contribution < -0.4 is 5.06 Å². The number of likely N-dealkylation sites (tertiary alicyclic amines) is 1. The summed E-state index contributed by atoms with van der Waals surface area (Å²) in [6, 6.07) is 5.30. The number of piperidine rings is 1. The van der Waals surface area contributed by atoms with Crippen LogP contribution in [0, 0.1) is 5.41 Å². The van der Waals surface area contributed by atoms with Gasteiger partial charge >= 0.3 is 6.09 Å². The van der Waals surface area contributed by atoms with Gasteiger partial charge in [-0.05, 0) is 71.6 Å². The molecule has 3 rings (SSSR count). The van der Waals surface area contributed by atoms with Crippen LogP contribution in [0.1, 0.15) is 77.2 Å². The van der Waals surface area contributed by atoms with Gasteiger partial charge in [-0.2, -0.15) is 5.06 Å². The average molecular weight is 474 g/mol. The lowest BCUT2D eigenvalue weighted by molar-refractivity contribution is -0.134. The lowest BCUT2D eigenvalue weighted by atomic mass is 9.80. The Labute approximate surface area is 203 Å². The van der Waals surface area contributed by atoms with Crippen molar-refractivity contribution < 1.29 is 24.0 Å². The summed E-state index contributed by atoms with van der Waals surface area (Å²) < 4.78 is 5.56. The minimum atomic E-state index is -0.578. The summed E-state index contributed by atoms with van der Waals surface area (Å²) in [5, 5.41) is 1.29. The summed E-state index contributed by atoms with van der Waals surface area (Å²) in [5.74, 6) is -0.254. The van der Waals surface area contributed by atoms with E-state index in [4.69, 9.17) is 9.57 Å². The number of hydrogen-bond donors (Lipinski definition) is 0. The summed E-state index contributed by atoms with van der Waals surface area (Å²) in [5.41, 5.74) is 0.927. The number of benzene rings is 1. The number of carbonyl (C=O) groups is 3. The normalized spacial score (nSPS) is 20.3. The Morgan fingerprint density at radius 2 is 1.88 bits per heavy atom. The van der Waals surface area contributed by atoms with E-state index >= 15 is 0 Å². The molecular formula is C26H39N3O5. The molecule has 0 N–H and O–H groups in total. The van der Waals surface area contributed by atoms with Crippen molar-refractivity contribution in [1.29, 1.82) is 0 Å². The number of ether oxygens (including phenoxy) is 1. The number of hydrogen-bond acceptors (Lipinski definition) is 5. The predicted octanol–water partition coefficient (Wildman–Crippen LogP) is 4.41. The van der Waals surface area contributed by atoms with Crippen molar-refractivity contribution in [2.45, 2.75) is 85.4 Å². The molecule has 1 aromatic carbocycles. The molecule has 2 aliphatic rings. The highest BCUT2D eigenvalue weighted by Gasteiger charge is 2.40. The van der Waals surface area contributed by atoms with Gasteiger partial charge in [-0.15, -0.1) is 0 Å². The highest BCUT2D eigenvalue weighted by atomic mass is 16.7. The van der Waals surface area contributed by atoms with Gasteiger partial charge in [-0.25, -0.2) is 4.79 Å². The molecule has 0 spiro atoms. The first-order valence-electron chi connectivity index (χ1n) is 12.1. The molecule has 0 radical (unpaired) electrons. The van der Waals surface area contributed by atoms with E-state index < -0.39 is 11.0 Å². The highest BCUT2D eigenvalue weighted by molar-refractivity contribution is 6.01. The molecule has 2 aliphatic heterocycles. The van der Waals surface area contributed by atoms with Gasteiger partial charge < -0.3 is 14.5 Å². The number of carbonyl (C=O) groups excluding carboxylic acids is 3. The molecule has 3 amide bonds. The van der Waals surface area contributed by atoms with Gasteiger partial charge in [0.15, 0.2) is 0 Å². The van der Waals surface area contributed by atoms with E-state index in [2.05, 4.69) is 0 Å². The maximum atomic E-state index is 13.7. The molecule has 1 atom stereocenters. The summed E-state index contributed by atoms with van der Waals surface area (Å²) in [7, 11) is 1.46. The number of rotatable bonds is 4. The predicted molar refractivity (Wildman–Crippen MR) is 131 cm³/mol. The van der Waals surface area contributed by atoms with Gasteiger partial charge in [0.2, 0.25) is 0 Å². The Morgan fingerprint density at radius 3 is 2.47 bits per heavy atom. The van der Waals surface area contributed by atoms with E-state index in [1.807, 2.05) is 65.5 Å². The van der Waals surface area contributed by atoms with Crippen molar-refractivity contribution in [2.24, 2.45) is 5.41 Å². The molecule has 1 fully saturated rings. The van der Waals surface area contributed by atoms with E-state index in [1.54, 1.807) is 11.0 Å². The van der Waals surface area contributed by atoms with Crippen molar-refractivity contribution >= 4 is 23.6 Å². The first kappa shape index (κ1) is 26.0. The maximum absolute atomic E-state index is 13.7. The second-order valence-electron chi connectivity index (χ2n) is 11.2. The second-order valence-corrected chi connectivity index (χ2v) is 11.2. The van der Waals surface area contributed by atoms with Gasteiger partial charge in [0.1, 0.15) is 5.60 Å². The Bertz CT molecular complexity index is 950. The van der Waals surface area contributed by atoms with E-state index in [0.29, 0.717) is 30.8 Å². The molecule has 2 heterocycles. The Morgan fingerprint density at radius 1 is 1.21 bits per heavy atom. The topological polar surface area (TPSA) is 79.4 Å². The minimum Gasteiger partial charge on any atom is -0.444 e. The van der Waals surface area contributed by atoms with E-state index in [0.717, 1.165) is 18.4 Å². The fraction of sp³-hybridized carbons (Fsp3) is 0.654. The number of anilines is 1. The fourth-order valence-electron chi connectivity index (χ4n) is 4.80. The van der Waals surface area contributed by atoms with Gasteiger partial charge in [-0.3, -0.25) is 14.4 Å². The SMILES string of the molecule is CON1C(=O)C(C)(C)Cc2ccc(C(=O)N(C(C)C)[C@@H]3CCCN(C(=O)OC(C)(C)C)C3)cc21. The van der Waals surface area contributed by atoms with E-state index in [9.17, 15) is 14.4 Å². The fourth-order valence-corrected chi connectivity index (χ4v) is 4.80. The zero-order valence-electron chi connectivity index (χ0n) is 21.8. The molecule has 8 nitrogen and oxygen atoms in total. The third-order valence-corrected chi connectivity index (χ3v) is 6.36. The molecule has 0 unspecified atom stereocenters. The highest BCUT2D eigenvalue weighted by Crippen LogP contribution is 2.38. The largest absolute Gasteiger partial charge is 0.444 e. The summed E-state index contributed by atoms with van der Waals surface area (Å²) >= 11 is 0. The van der Waals surface area contributed by atoms with Gasteiger partial charge in [0, 0.05) is 24.7 Å². The average Bonchev–Trinajstić information content (AvgIpc) is 2.73. The van der Waals surface area contributed by atoms with Gasteiger partial charge in [-0.1, -0.05) is 19.9 Å². The molecule has 0 saturated carbocycles. The molecule has 34 heavy (non-hydrogen) atoms. The third kappa shape index (κ3) is 5.37. The van der Waals surface area contributed by atoms with Gasteiger partial charge in [0.05, 0.1) is 24.3 Å². The molecule has 8 heteroatoms. The Balaban J connectivity index is 1.86. The smallest absolute Gasteiger partial charge is 0.410 e. The number of hydroxylamine groups is 1. The van der Waals surface area contributed by atoms with Crippen LogP contribution in [0.25, 0.3) is 0 Å². The Kier molecular flexibility index (Phi) is 7.31. The first-order valence-corrected chi connectivity index (χ1v) is 12.1.